The van der Waals surface area contributed by atoms with Crippen LogP contribution in [0.2, 0.25) is 0 Å². The van der Waals surface area contributed by atoms with Crippen molar-refractivity contribution in [2.45, 2.75) is 0 Å². The minimum absolute atomic E-state index is 0. The van der Waals surface area contributed by atoms with Crippen LogP contribution in [-0.4, -0.2) is 93.2 Å². The van der Waals surface area contributed by atoms with E-state index in [1.54, 1.807) is 5.92 Å². The van der Waals surface area contributed by atoms with E-state index in [0.29, 0.717) is 0 Å². The summed E-state index contributed by atoms with van der Waals surface area (Å²) in [6.07, 6.45) is 5.95. The summed E-state index contributed by atoms with van der Waals surface area (Å²) >= 11 is 0. The molecule has 0 atom stereocenters. The van der Waals surface area contributed by atoms with E-state index in [-0.39, 0.29) is 40.2 Å². The second kappa shape index (κ2) is 7580. The molecule has 0 aliphatic rings. The minimum atomic E-state index is -0.264. The van der Waals surface area contributed by atoms with E-state index in [4.69, 9.17) is 69.1 Å². The van der Waals surface area contributed by atoms with Gasteiger partial charge in [-0.1, -0.05) is 0 Å². The van der Waals surface area contributed by atoms with E-state index in [2.05, 4.69) is 0 Å². The third-order valence-electron chi connectivity index (χ3n) is 0.0791. The Morgan fingerprint density at radius 3 is 0.433 bits per heavy atom. The van der Waals surface area contributed by atoms with Gasteiger partial charge in [-0.2, -0.15) is 0 Å². The SMILES string of the molecule is C=O.C=O.C=O.C=O.C=O.C=O.C=O.C=O.C=O.C=O.C=O.C=O.[C-]#CCO.[Co].[Co]. The average Bonchev–Trinajstić information content (AvgIpc) is 2.93. The maximum atomic E-state index is 8.00. The monoisotopic (exact) mass is 533 g/mol. The summed E-state index contributed by atoms with van der Waals surface area (Å²) in [5, 5.41) is 7.58. The zero-order valence-electron chi connectivity index (χ0n) is 16.2. The summed E-state index contributed by atoms with van der Waals surface area (Å²) in [5.74, 6) is 1.74. The molecule has 0 aromatic heterocycles. The van der Waals surface area contributed by atoms with Crippen molar-refractivity contribution < 1.29 is 96.2 Å². The molecular weight excluding hydrogens is 506 g/mol. The Bertz CT molecular complexity index is 147. The molecule has 0 aromatic carbocycles. The number of aliphatic hydroxyl groups is 1. The van der Waals surface area contributed by atoms with Crippen LogP contribution in [0.25, 0.3) is 0 Å². The van der Waals surface area contributed by atoms with Gasteiger partial charge in [-0.25, -0.2) is 0 Å². The number of aliphatic hydroxyl groups excluding tert-OH is 1. The van der Waals surface area contributed by atoms with Gasteiger partial charge in [-0.15, -0.1) is 0 Å². The molecule has 15 heteroatoms. The largest absolute Gasteiger partial charge is 0.691 e. The Morgan fingerprint density at radius 1 is 0.400 bits per heavy atom. The van der Waals surface area contributed by atoms with Gasteiger partial charge in [-0.3, -0.25) is 0 Å². The van der Waals surface area contributed by atoms with E-state index >= 15 is 0 Å². The summed E-state index contributed by atoms with van der Waals surface area (Å²) in [4.78, 5) is 96.0. The zero-order valence-corrected chi connectivity index (χ0v) is 18.3. The minimum Gasteiger partial charge on any atom is -0.691 e. The molecule has 0 aromatic rings. The second-order valence-corrected chi connectivity index (χ2v) is 0.335. The molecule has 0 rings (SSSR count). The molecule has 30 heavy (non-hydrogen) atoms. The van der Waals surface area contributed by atoms with Crippen molar-refractivity contribution in [3.05, 3.63) is 6.42 Å². The molecule has 2 radical (unpaired) electrons. The number of hydrogen-bond donors (Lipinski definition) is 1. The van der Waals surface area contributed by atoms with Crippen molar-refractivity contribution in [1.29, 1.82) is 0 Å². The molecule has 0 saturated heterocycles. The number of rotatable bonds is 0. The molecule has 0 aliphatic carbocycles. The van der Waals surface area contributed by atoms with Crippen molar-refractivity contribution in [3.63, 3.8) is 0 Å². The fourth-order valence-corrected chi connectivity index (χ4v) is 0. The number of carbonyl (C=O) groups excluding carboxylic acids is 12. The molecule has 13 nitrogen and oxygen atoms in total. The Hall–Kier alpha value is -3.43. The van der Waals surface area contributed by atoms with Crippen molar-refractivity contribution in [1.82, 2.24) is 0 Å². The van der Waals surface area contributed by atoms with Gasteiger partial charge in [0.1, 0.15) is 81.5 Å². The van der Waals surface area contributed by atoms with Crippen LogP contribution in [0.1, 0.15) is 0 Å². The van der Waals surface area contributed by atoms with Gasteiger partial charge in [0.25, 0.3) is 0 Å². The van der Waals surface area contributed by atoms with Crippen LogP contribution in [-0.2, 0) is 91.1 Å². The van der Waals surface area contributed by atoms with Gasteiger partial charge >= 0.3 is 0 Å². The first-order chi connectivity index (χ1) is 13.9. The third kappa shape index (κ3) is 2320. The Morgan fingerprint density at radius 2 is 0.433 bits per heavy atom. The predicted molar refractivity (Wildman–Crippen MR) is 99.7 cm³/mol. The van der Waals surface area contributed by atoms with E-state index in [9.17, 15) is 0 Å². The zero-order chi connectivity index (χ0) is 27.4. The molecule has 184 valence electrons. The normalized spacial score (nSPS) is 2.27. The van der Waals surface area contributed by atoms with Crippen LogP contribution in [0, 0.1) is 12.3 Å². The fourth-order valence-electron chi connectivity index (χ4n) is 0. The molecule has 0 heterocycles. The van der Waals surface area contributed by atoms with Gasteiger partial charge < -0.3 is 75.0 Å². The van der Waals surface area contributed by atoms with Gasteiger partial charge in [0, 0.05) is 33.6 Å². The van der Waals surface area contributed by atoms with Crippen molar-refractivity contribution in [2.24, 2.45) is 0 Å². The molecule has 0 bridgehead atoms. The van der Waals surface area contributed by atoms with E-state index in [0.717, 1.165) is 0 Å². The molecule has 1 N–H and O–H groups in total. The van der Waals surface area contributed by atoms with Gasteiger partial charge in [0.05, 0.1) is 6.61 Å². The van der Waals surface area contributed by atoms with Crippen molar-refractivity contribution >= 4 is 81.5 Å². The maximum Gasteiger partial charge on any atom is 0.106 e. The topological polar surface area (TPSA) is 225 Å². The Balaban J connectivity index is -0.00000000628. The first kappa shape index (κ1) is 130. The van der Waals surface area contributed by atoms with Crippen molar-refractivity contribution in [3.8, 4) is 5.92 Å². The third-order valence-corrected chi connectivity index (χ3v) is 0.0791. The summed E-state index contributed by atoms with van der Waals surface area (Å²) in [7, 11) is 0. The molecule has 0 amide bonds. The van der Waals surface area contributed by atoms with Crippen molar-refractivity contribution in [2.75, 3.05) is 6.61 Å². The first-order valence-electron chi connectivity index (χ1n) is 4.38. The van der Waals surface area contributed by atoms with Gasteiger partial charge in [-0.05, 0) is 0 Å². The molecule has 0 saturated carbocycles. The summed E-state index contributed by atoms with van der Waals surface area (Å²) in [5.41, 5.74) is 0. The van der Waals surface area contributed by atoms with Crippen LogP contribution in [0.4, 0.5) is 0 Å². The smallest absolute Gasteiger partial charge is 0.106 e. The second-order valence-electron chi connectivity index (χ2n) is 0.335. The molecule has 0 spiro atoms. The maximum absolute atomic E-state index is 8.00. The fraction of sp³-hybridized carbons (Fsp3) is 0.0667. The Kier molecular flexibility index (Phi) is 32800. The van der Waals surface area contributed by atoms with Gasteiger partial charge in [0.15, 0.2) is 0 Å². The van der Waals surface area contributed by atoms with Crippen LogP contribution >= 0.6 is 0 Å². The molecular formula is C15H27Co2O13-. The molecule has 0 fully saturated rings. The van der Waals surface area contributed by atoms with E-state index < -0.39 is 0 Å². The van der Waals surface area contributed by atoms with E-state index in [1.165, 1.54) is 0 Å². The summed E-state index contributed by atoms with van der Waals surface area (Å²) in [6, 6.07) is 0. The van der Waals surface area contributed by atoms with E-state index in [1.807, 2.05) is 81.5 Å². The summed E-state index contributed by atoms with van der Waals surface area (Å²) < 4.78 is 0. The van der Waals surface area contributed by atoms with Gasteiger partial charge in [0.2, 0.25) is 0 Å². The van der Waals surface area contributed by atoms with Crippen LogP contribution < -0.4 is 0 Å². The Labute approximate surface area is 196 Å². The first-order valence-corrected chi connectivity index (χ1v) is 4.38. The summed E-state index contributed by atoms with van der Waals surface area (Å²) in [6.45, 7) is 23.7. The van der Waals surface area contributed by atoms with Crippen LogP contribution in [0.15, 0.2) is 0 Å². The molecule has 0 unspecified atom stereocenters. The average molecular weight is 533 g/mol. The molecule has 0 aliphatic heterocycles. The van der Waals surface area contributed by atoms with Crippen LogP contribution in [0.5, 0.6) is 0 Å². The quantitative estimate of drug-likeness (QED) is 0.248. The standard InChI is InChI=1S/C3H3O.12CH2O.2Co/c1-2-3-4;12*1-2;;/h4H,3H2;12*1H2;;/q-1;;;;;;;;;;;;;;. The predicted octanol–water partition coefficient (Wildman–Crippen LogP) is -2.66. The number of hydrogen-bond acceptors (Lipinski definition) is 13. The number of carbonyl (C=O) groups is 12. The van der Waals surface area contributed by atoms with Crippen LogP contribution in [0.3, 0.4) is 0 Å².